The molecule has 3 N–H and O–H groups in total. The van der Waals surface area contributed by atoms with E-state index in [-0.39, 0.29) is 16.5 Å². The lowest BCUT2D eigenvalue weighted by Gasteiger charge is -2.11. The van der Waals surface area contributed by atoms with Crippen molar-refractivity contribution < 1.29 is 17.9 Å². The second-order valence-corrected chi connectivity index (χ2v) is 5.70. The molecule has 1 aromatic rings. The highest BCUT2D eigenvalue weighted by Crippen LogP contribution is 2.29. The molecule has 1 aliphatic rings. The normalized spacial score (nSPS) is 15.2. The van der Waals surface area contributed by atoms with Crippen molar-refractivity contribution in [1.82, 2.24) is 0 Å². The van der Waals surface area contributed by atoms with Gasteiger partial charge in [0, 0.05) is 6.04 Å². The van der Waals surface area contributed by atoms with Gasteiger partial charge in [0.15, 0.2) is 0 Å². The van der Waals surface area contributed by atoms with Crippen LogP contribution < -0.4 is 10.5 Å². The lowest BCUT2D eigenvalue weighted by Crippen LogP contribution is -2.17. The van der Waals surface area contributed by atoms with E-state index in [1.54, 1.807) is 0 Å². The average Bonchev–Trinajstić information content (AvgIpc) is 3.11. The van der Waals surface area contributed by atoms with Crippen LogP contribution in [0.1, 0.15) is 23.2 Å². The Labute approximate surface area is 105 Å². The van der Waals surface area contributed by atoms with Crippen LogP contribution in [-0.2, 0) is 14.8 Å². The largest absolute Gasteiger partial charge is 0.465 e. The number of sulfonamides is 1. The predicted molar refractivity (Wildman–Crippen MR) is 65.8 cm³/mol. The molecule has 98 valence electrons. The molecule has 1 aromatic carbocycles. The first kappa shape index (κ1) is 12.8. The summed E-state index contributed by atoms with van der Waals surface area (Å²) < 4.78 is 27.6. The van der Waals surface area contributed by atoms with E-state index in [4.69, 9.17) is 5.14 Å². The number of hydrogen-bond donors (Lipinski definition) is 2. The van der Waals surface area contributed by atoms with E-state index in [9.17, 15) is 13.2 Å². The van der Waals surface area contributed by atoms with Gasteiger partial charge in [0.05, 0.1) is 18.4 Å². The zero-order chi connectivity index (χ0) is 13.3. The van der Waals surface area contributed by atoms with Gasteiger partial charge in [-0.3, -0.25) is 0 Å². The van der Waals surface area contributed by atoms with Gasteiger partial charge >= 0.3 is 5.97 Å². The van der Waals surface area contributed by atoms with Gasteiger partial charge in [-0.05, 0) is 31.0 Å². The summed E-state index contributed by atoms with van der Waals surface area (Å²) in [5, 5.41) is 8.21. The number of nitrogens with two attached hydrogens (primary N) is 1. The minimum atomic E-state index is -3.89. The van der Waals surface area contributed by atoms with Gasteiger partial charge in [-0.1, -0.05) is 0 Å². The molecular formula is C11H14N2O4S. The molecule has 7 heteroatoms. The molecule has 0 spiro atoms. The summed E-state index contributed by atoms with van der Waals surface area (Å²) >= 11 is 0. The highest BCUT2D eigenvalue weighted by molar-refractivity contribution is 7.89. The van der Waals surface area contributed by atoms with Crippen LogP contribution >= 0.6 is 0 Å². The summed E-state index contributed by atoms with van der Waals surface area (Å²) in [6.45, 7) is 0. The van der Waals surface area contributed by atoms with Gasteiger partial charge in [0.1, 0.15) is 4.90 Å². The minimum Gasteiger partial charge on any atom is -0.465 e. The molecule has 0 amide bonds. The van der Waals surface area contributed by atoms with Crippen molar-refractivity contribution in [3.05, 3.63) is 23.8 Å². The average molecular weight is 270 g/mol. The first-order valence-corrected chi connectivity index (χ1v) is 6.98. The van der Waals surface area contributed by atoms with Crippen molar-refractivity contribution in [2.75, 3.05) is 12.4 Å². The maximum atomic E-state index is 11.5. The molecule has 1 fully saturated rings. The number of carbonyl (C=O) groups excluding carboxylic acids is 1. The highest BCUT2D eigenvalue weighted by Gasteiger charge is 2.25. The molecule has 6 nitrogen and oxygen atoms in total. The third-order valence-electron chi connectivity index (χ3n) is 2.65. The van der Waals surface area contributed by atoms with E-state index < -0.39 is 16.0 Å². The Morgan fingerprint density at radius 3 is 2.61 bits per heavy atom. The molecule has 0 saturated heterocycles. The first-order valence-electron chi connectivity index (χ1n) is 5.43. The van der Waals surface area contributed by atoms with Crippen LogP contribution in [0.5, 0.6) is 0 Å². The number of nitrogens with one attached hydrogen (secondary N) is 1. The van der Waals surface area contributed by atoms with E-state index in [0.29, 0.717) is 5.69 Å². The van der Waals surface area contributed by atoms with E-state index in [1.165, 1.54) is 25.3 Å². The number of benzene rings is 1. The van der Waals surface area contributed by atoms with E-state index in [0.717, 1.165) is 12.8 Å². The van der Waals surface area contributed by atoms with Crippen molar-refractivity contribution in [1.29, 1.82) is 0 Å². The molecule has 0 heterocycles. The number of hydrogen-bond acceptors (Lipinski definition) is 5. The molecule has 0 bridgehead atoms. The number of ether oxygens (including phenoxy) is 1. The summed E-state index contributed by atoms with van der Waals surface area (Å²) in [5.41, 5.74) is 0.579. The van der Waals surface area contributed by atoms with E-state index >= 15 is 0 Å². The number of rotatable bonds is 4. The van der Waals surface area contributed by atoms with Crippen LogP contribution in [-0.4, -0.2) is 27.5 Å². The monoisotopic (exact) mass is 270 g/mol. The number of esters is 1. The van der Waals surface area contributed by atoms with Crippen LogP contribution in [0.25, 0.3) is 0 Å². The molecular weight excluding hydrogens is 256 g/mol. The lowest BCUT2D eigenvalue weighted by atomic mass is 10.2. The Morgan fingerprint density at radius 2 is 2.11 bits per heavy atom. The van der Waals surface area contributed by atoms with Crippen LogP contribution in [0.15, 0.2) is 23.1 Å². The standard InChI is InChI=1S/C11H14N2O4S/c1-17-11(14)7-2-5-9(13-8-3-4-8)10(6-7)18(12,15)16/h2,5-6,8,13H,3-4H2,1H3,(H2,12,15,16). The maximum absolute atomic E-state index is 11.5. The minimum absolute atomic E-state index is 0.0858. The van der Waals surface area contributed by atoms with Crippen LogP contribution in [0.4, 0.5) is 5.69 Å². The molecule has 1 aliphatic carbocycles. The summed E-state index contributed by atoms with van der Waals surface area (Å²) in [5.74, 6) is -0.599. The summed E-state index contributed by atoms with van der Waals surface area (Å²) in [7, 11) is -2.65. The molecule has 0 unspecified atom stereocenters. The van der Waals surface area contributed by atoms with Gasteiger partial charge in [0.25, 0.3) is 0 Å². The van der Waals surface area contributed by atoms with Gasteiger partial charge in [-0.2, -0.15) is 0 Å². The Balaban J connectivity index is 2.44. The Bertz CT molecular complexity index is 579. The summed E-state index contributed by atoms with van der Waals surface area (Å²) in [4.78, 5) is 11.3. The second-order valence-electron chi connectivity index (χ2n) is 4.17. The third-order valence-corrected chi connectivity index (χ3v) is 3.60. The van der Waals surface area contributed by atoms with Gasteiger partial charge in [0.2, 0.25) is 10.0 Å². The number of primary sulfonamides is 1. The molecule has 1 saturated carbocycles. The third kappa shape index (κ3) is 2.80. The van der Waals surface area contributed by atoms with Crippen molar-refractivity contribution >= 4 is 21.7 Å². The van der Waals surface area contributed by atoms with Crippen molar-refractivity contribution in [2.24, 2.45) is 5.14 Å². The van der Waals surface area contributed by atoms with Crippen molar-refractivity contribution in [2.45, 2.75) is 23.8 Å². The molecule has 0 atom stereocenters. The van der Waals surface area contributed by atoms with Crippen LogP contribution in [0.2, 0.25) is 0 Å². The van der Waals surface area contributed by atoms with Crippen molar-refractivity contribution in [3.8, 4) is 0 Å². The zero-order valence-corrected chi connectivity index (χ0v) is 10.7. The molecule has 2 rings (SSSR count). The maximum Gasteiger partial charge on any atom is 0.337 e. The van der Waals surface area contributed by atoms with Gasteiger partial charge < -0.3 is 10.1 Å². The zero-order valence-electron chi connectivity index (χ0n) is 9.84. The molecule has 18 heavy (non-hydrogen) atoms. The topological polar surface area (TPSA) is 98.5 Å². The fourth-order valence-corrected chi connectivity index (χ4v) is 2.29. The SMILES string of the molecule is COC(=O)c1ccc(NC2CC2)c(S(N)(=O)=O)c1. The Hall–Kier alpha value is -1.60. The van der Waals surface area contributed by atoms with Crippen molar-refractivity contribution in [3.63, 3.8) is 0 Å². The summed E-state index contributed by atoms with van der Waals surface area (Å²) in [6, 6.07) is 4.55. The van der Waals surface area contributed by atoms with Crippen LogP contribution in [0, 0.1) is 0 Å². The quantitative estimate of drug-likeness (QED) is 0.784. The fourth-order valence-electron chi connectivity index (χ4n) is 1.57. The lowest BCUT2D eigenvalue weighted by molar-refractivity contribution is 0.0600. The first-order chi connectivity index (χ1) is 8.41. The number of anilines is 1. The Morgan fingerprint density at radius 1 is 1.44 bits per heavy atom. The van der Waals surface area contributed by atoms with Crippen LogP contribution in [0.3, 0.4) is 0 Å². The van der Waals surface area contributed by atoms with E-state index in [1.807, 2.05) is 0 Å². The fraction of sp³-hybridized carbons (Fsp3) is 0.364. The number of carbonyl (C=O) groups is 1. The molecule has 0 aromatic heterocycles. The van der Waals surface area contributed by atoms with Gasteiger partial charge in [-0.15, -0.1) is 0 Å². The Kier molecular flexibility index (Phi) is 3.27. The highest BCUT2D eigenvalue weighted by atomic mass is 32.2. The molecule has 0 radical (unpaired) electrons. The second kappa shape index (κ2) is 4.58. The smallest absolute Gasteiger partial charge is 0.337 e. The van der Waals surface area contributed by atoms with Gasteiger partial charge in [-0.25, -0.2) is 18.4 Å². The molecule has 0 aliphatic heterocycles. The number of methoxy groups -OCH3 is 1. The predicted octanol–water partition coefficient (Wildman–Crippen LogP) is 0.695. The van der Waals surface area contributed by atoms with E-state index in [2.05, 4.69) is 10.1 Å². The summed E-state index contributed by atoms with van der Waals surface area (Å²) in [6.07, 6.45) is 2.01.